The Morgan fingerprint density at radius 1 is 0.943 bits per heavy atom. The van der Waals surface area contributed by atoms with Gasteiger partial charge in [0.25, 0.3) is 0 Å². The molecule has 6 heteroatoms. The minimum atomic E-state index is -0.831. The molecule has 3 heterocycles. The number of piperidine rings is 3. The number of carbonyl (C=O) groups is 2. The first-order valence-corrected chi connectivity index (χ1v) is 12.2. The van der Waals surface area contributed by atoms with Crippen molar-refractivity contribution in [3.05, 3.63) is 102 Å². The Hall–Kier alpha value is -3.51. The number of ketones is 1. The summed E-state index contributed by atoms with van der Waals surface area (Å²) in [5, 5.41) is 3.22. The molecule has 0 amide bonds. The van der Waals surface area contributed by atoms with Gasteiger partial charge >= 0.3 is 5.97 Å². The molecule has 35 heavy (non-hydrogen) atoms. The first-order valence-electron chi connectivity index (χ1n) is 12.2. The molecule has 0 spiro atoms. The van der Waals surface area contributed by atoms with E-state index in [-0.39, 0.29) is 17.8 Å². The lowest BCUT2D eigenvalue weighted by Crippen LogP contribution is -2.65. The molecule has 2 atom stereocenters. The number of hydrogen-bond acceptors (Lipinski definition) is 4. The van der Waals surface area contributed by atoms with E-state index in [4.69, 9.17) is 4.74 Å². The molecule has 3 aliphatic heterocycles. The molecular weight excluding hydrogens is 443 g/mol. The molecule has 1 N–H and O–H groups in total. The quantitative estimate of drug-likeness (QED) is 0.284. The number of hydrogen-bond donors (Lipinski definition) is 1. The number of rotatable bonds is 8. The van der Waals surface area contributed by atoms with Crippen molar-refractivity contribution in [3.8, 4) is 0 Å². The maximum atomic E-state index is 14.0. The summed E-state index contributed by atoms with van der Waals surface area (Å²) in [5.41, 5.74) is 1.99. The highest BCUT2D eigenvalue weighted by atomic mass is 19.1. The van der Waals surface area contributed by atoms with E-state index in [9.17, 15) is 14.0 Å². The number of nitrogens with zero attached hydrogens (tertiary/aromatic N) is 1. The van der Waals surface area contributed by atoms with Crippen LogP contribution in [0, 0.1) is 11.7 Å². The highest BCUT2D eigenvalue weighted by Crippen LogP contribution is 2.36. The summed E-state index contributed by atoms with van der Waals surface area (Å²) in [7, 11) is 0. The van der Waals surface area contributed by atoms with Gasteiger partial charge in [0.15, 0.2) is 12.1 Å². The van der Waals surface area contributed by atoms with Gasteiger partial charge < -0.3 is 14.5 Å². The van der Waals surface area contributed by atoms with E-state index < -0.39 is 17.8 Å². The van der Waals surface area contributed by atoms with Crippen LogP contribution in [0.3, 0.4) is 0 Å². The van der Waals surface area contributed by atoms with Gasteiger partial charge in [0, 0.05) is 30.0 Å². The number of carbonyl (C=O) groups excluding carboxylic acids is 2. The number of Topliss-reactive ketones (excluding diaryl/α,β-unsaturated/α-hetero) is 1. The van der Waals surface area contributed by atoms with E-state index in [1.54, 1.807) is 12.1 Å². The summed E-state index contributed by atoms with van der Waals surface area (Å²) in [6, 6.07) is 24.0. The zero-order chi connectivity index (χ0) is 24.3. The molecule has 0 radical (unpaired) electrons. The topological polar surface area (TPSA) is 55.4 Å². The molecule has 5 nitrogen and oxygen atoms in total. The Labute approximate surface area is 205 Å². The molecule has 2 bridgehead atoms. The number of esters is 1. The minimum Gasteiger partial charge on any atom is -0.454 e. The molecule has 3 fully saturated rings. The largest absolute Gasteiger partial charge is 0.454 e. The number of fused-ring (bicyclic) bond motifs is 3. The number of nitrogens with one attached hydrogen (secondary N) is 1. The number of ether oxygens (including phenoxy) is 1. The summed E-state index contributed by atoms with van der Waals surface area (Å²) in [5.74, 6) is -0.414. The minimum absolute atomic E-state index is 0.124. The Bertz CT molecular complexity index is 1180. The third kappa shape index (κ3) is 5.28. The Morgan fingerprint density at radius 3 is 2.31 bits per heavy atom. The van der Waals surface area contributed by atoms with Crippen molar-refractivity contribution in [1.82, 2.24) is 0 Å². The molecule has 0 aliphatic carbocycles. The van der Waals surface area contributed by atoms with Crippen LogP contribution in [0.1, 0.15) is 34.8 Å². The van der Waals surface area contributed by atoms with Gasteiger partial charge in [0.1, 0.15) is 18.9 Å². The fourth-order valence-electron chi connectivity index (χ4n) is 5.48. The maximum absolute atomic E-state index is 14.0. The van der Waals surface area contributed by atoms with E-state index in [1.165, 1.54) is 12.1 Å². The maximum Gasteiger partial charge on any atom is 0.333 e. The average molecular weight is 474 g/mol. The first-order chi connectivity index (χ1) is 17.0. The summed E-state index contributed by atoms with van der Waals surface area (Å²) >= 11 is 0. The Morgan fingerprint density at radius 2 is 1.63 bits per heavy atom. The molecule has 3 aromatic carbocycles. The van der Waals surface area contributed by atoms with Crippen LogP contribution < -0.4 is 5.32 Å². The van der Waals surface area contributed by atoms with Crippen LogP contribution in [0.4, 0.5) is 10.1 Å². The molecule has 180 valence electrons. The number of benzene rings is 3. The molecule has 3 aliphatic rings. The van der Waals surface area contributed by atoms with Crippen molar-refractivity contribution in [1.29, 1.82) is 0 Å². The van der Waals surface area contributed by atoms with Gasteiger partial charge in [-0.1, -0.05) is 60.7 Å². The smallest absolute Gasteiger partial charge is 0.333 e. The fourth-order valence-corrected chi connectivity index (χ4v) is 5.48. The van der Waals surface area contributed by atoms with Gasteiger partial charge in [-0.15, -0.1) is 0 Å². The van der Waals surface area contributed by atoms with Crippen molar-refractivity contribution in [2.45, 2.75) is 25.0 Å². The normalized spacial score (nSPS) is 23.9. The molecule has 3 aromatic rings. The lowest BCUT2D eigenvalue weighted by molar-refractivity contribution is -0.938. The van der Waals surface area contributed by atoms with Crippen molar-refractivity contribution < 1.29 is 23.2 Å². The van der Waals surface area contributed by atoms with E-state index in [2.05, 4.69) is 5.32 Å². The molecule has 1 unspecified atom stereocenters. The van der Waals surface area contributed by atoms with Crippen LogP contribution >= 0.6 is 0 Å². The van der Waals surface area contributed by atoms with Crippen LogP contribution in [-0.2, 0) is 9.53 Å². The monoisotopic (exact) mass is 473 g/mol. The van der Waals surface area contributed by atoms with E-state index >= 15 is 0 Å². The van der Waals surface area contributed by atoms with E-state index in [1.807, 2.05) is 60.7 Å². The summed E-state index contributed by atoms with van der Waals surface area (Å²) in [6.45, 7) is 2.90. The highest BCUT2D eigenvalue weighted by molar-refractivity contribution is 5.97. The van der Waals surface area contributed by atoms with Crippen LogP contribution in [0.25, 0.3) is 0 Å². The zero-order valence-electron chi connectivity index (χ0n) is 19.6. The van der Waals surface area contributed by atoms with Gasteiger partial charge in [-0.05, 0) is 29.8 Å². The van der Waals surface area contributed by atoms with Gasteiger partial charge in [-0.3, -0.25) is 4.79 Å². The zero-order valence-corrected chi connectivity index (χ0v) is 19.6. The van der Waals surface area contributed by atoms with Gasteiger partial charge in [-0.25, -0.2) is 9.18 Å². The third-order valence-electron chi connectivity index (χ3n) is 7.39. The Balaban J connectivity index is 1.32. The average Bonchev–Trinajstić information content (AvgIpc) is 2.89. The standard InChI is InChI=1S/C29H30FN2O3/c30-24-11-7-10-23(18-24)28(31-25-12-5-2-6-13-25)29(34)35-27-20-32(16-14-22(27)15-17-32)19-26(33)21-8-3-1-4-9-21/h1-13,18,22,27-28,31H,14-17,19-20H2/q+1/t22?,27-,28?,32?/m0/s1. The number of anilines is 1. The second-order valence-electron chi connectivity index (χ2n) is 9.73. The number of para-hydroxylation sites is 1. The molecule has 0 saturated carbocycles. The fraction of sp³-hybridized carbons (Fsp3) is 0.310. The van der Waals surface area contributed by atoms with Crippen molar-refractivity contribution in [2.75, 3.05) is 31.5 Å². The molecule has 3 saturated heterocycles. The van der Waals surface area contributed by atoms with Gasteiger partial charge in [0.2, 0.25) is 5.78 Å². The lowest BCUT2D eigenvalue weighted by Gasteiger charge is -2.51. The van der Waals surface area contributed by atoms with E-state index in [0.717, 1.165) is 37.2 Å². The molecule has 6 rings (SSSR count). The van der Waals surface area contributed by atoms with Crippen molar-refractivity contribution in [2.24, 2.45) is 5.92 Å². The predicted molar refractivity (Wildman–Crippen MR) is 132 cm³/mol. The second-order valence-corrected chi connectivity index (χ2v) is 9.73. The SMILES string of the molecule is O=C(C[N+]12CCC(CC1)[C@@H](OC(=O)C(Nc1ccccc1)c1cccc(F)c1)C2)c1ccccc1. The van der Waals surface area contributed by atoms with Crippen LogP contribution in [0.2, 0.25) is 0 Å². The van der Waals surface area contributed by atoms with Gasteiger partial charge in [-0.2, -0.15) is 0 Å². The highest BCUT2D eigenvalue weighted by Gasteiger charge is 2.49. The van der Waals surface area contributed by atoms with E-state index in [0.29, 0.717) is 23.1 Å². The number of halogens is 1. The molecular formula is C29H30FN2O3+. The van der Waals surface area contributed by atoms with Gasteiger partial charge in [0.05, 0.1) is 13.1 Å². The first kappa shape index (κ1) is 23.2. The number of quaternary nitrogens is 1. The second kappa shape index (κ2) is 10.0. The predicted octanol–water partition coefficient (Wildman–Crippen LogP) is 5.01. The van der Waals surface area contributed by atoms with Crippen molar-refractivity contribution >= 4 is 17.4 Å². The molecule has 0 aromatic heterocycles. The van der Waals surface area contributed by atoms with Crippen molar-refractivity contribution in [3.63, 3.8) is 0 Å². The summed E-state index contributed by atoms with van der Waals surface area (Å²) < 4.78 is 20.8. The van der Waals surface area contributed by atoms with Crippen LogP contribution in [0.15, 0.2) is 84.9 Å². The summed E-state index contributed by atoms with van der Waals surface area (Å²) in [6.07, 6.45) is 1.59. The summed E-state index contributed by atoms with van der Waals surface area (Å²) in [4.78, 5) is 26.5. The Kier molecular flexibility index (Phi) is 6.64. The van der Waals surface area contributed by atoms with Crippen LogP contribution in [-0.4, -0.2) is 48.5 Å². The third-order valence-corrected chi connectivity index (χ3v) is 7.39. The lowest BCUT2D eigenvalue weighted by atomic mass is 9.82. The van der Waals surface area contributed by atoms with Crippen LogP contribution in [0.5, 0.6) is 0 Å².